The Labute approximate surface area is 112 Å². The third kappa shape index (κ3) is 4.01. The van der Waals surface area contributed by atoms with Crippen LogP contribution in [0.5, 0.6) is 0 Å². The molecular weight excluding hydrogens is 277 g/mol. The first kappa shape index (κ1) is 15.5. The largest absolute Gasteiger partial charge is 0.480 e. The van der Waals surface area contributed by atoms with Crippen molar-refractivity contribution in [3.63, 3.8) is 0 Å². The normalized spacial score (nSPS) is 9.95. The van der Waals surface area contributed by atoms with E-state index in [9.17, 15) is 22.8 Å². The lowest BCUT2D eigenvalue weighted by Gasteiger charge is -2.19. The summed E-state index contributed by atoms with van der Waals surface area (Å²) in [5, 5.41) is 10.5. The summed E-state index contributed by atoms with van der Waals surface area (Å²) in [4.78, 5) is 23.0. The quantitative estimate of drug-likeness (QED) is 0.816. The van der Waals surface area contributed by atoms with E-state index in [1.807, 2.05) is 5.32 Å². The first-order valence-corrected chi connectivity index (χ1v) is 5.38. The van der Waals surface area contributed by atoms with Crippen molar-refractivity contribution < 1.29 is 27.9 Å². The molecule has 0 aromatic heterocycles. The van der Waals surface area contributed by atoms with E-state index in [1.165, 1.54) is 6.08 Å². The molecule has 2 amide bonds. The van der Waals surface area contributed by atoms with Gasteiger partial charge in [-0.05, 0) is 0 Å². The molecule has 8 heteroatoms. The van der Waals surface area contributed by atoms with Gasteiger partial charge in [-0.2, -0.15) is 0 Å². The molecular formula is C12H11F3N2O3. The van der Waals surface area contributed by atoms with Gasteiger partial charge in [-0.25, -0.2) is 18.0 Å². The topological polar surface area (TPSA) is 69.6 Å². The summed E-state index contributed by atoms with van der Waals surface area (Å²) in [5.74, 6) is -5.04. The third-order valence-corrected chi connectivity index (χ3v) is 2.20. The lowest BCUT2D eigenvalue weighted by Crippen LogP contribution is -2.39. The van der Waals surface area contributed by atoms with Gasteiger partial charge in [-0.3, -0.25) is 4.79 Å². The van der Waals surface area contributed by atoms with E-state index in [1.54, 1.807) is 0 Å². The maximum absolute atomic E-state index is 13.3. The Morgan fingerprint density at radius 2 is 1.85 bits per heavy atom. The Hall–Kier alpha value is -2.51. The summed E-state index contributed by atoms with van der Waals surface area (Å²) in [6, 6.07) is -0.252. The molecule has 2 N–H and O–H groups in total. The second-order valence-electron chi connectivity index (χ2n) is 3.74. The highest BCUT2D eigenvalue weighted by molar-refractivity contribution is 5.91. The average Bonchev–Trinajstić information content (AvgIpc) is 2.32. The second kappa shape index (κ2) is 6.60. The Kier molecular flexibility index (Phi) is 5.13. The lowest BCUT2D eigenvalue weighted by atomic mass is 10.3. The number of urea groups is 1. The number of nitrogens with zero attached hydrogens (tertiary/aromatic N) is 1. The number of hydrogen-bond acceptors (Lipinski definition) is 2. The third-order valence-electron chi connectivity index (χ3n) is 2.20. The molecule has 0 radical (unpaired) electrons. The molecule has 0 aliphatic heterocycles. The van der Waals surface area contributed by atoms with Crippen LogP contribution in [0.3, 0.4) is 0 Å². The van der Waals surface area contributed by atoms with Crippen molar-refractivity contribution in [1.29, 1.82) is 0 Å². The Bertz CT molecular complexity index is 526. The summed E-state index contributed by atoms with van der Waals surface area (Å²) >= 11 is 0. The molecule has 0 saturated heterocycles. The van der Waals surface area contributed by atoms with Gasteiger partial charge in [0.05, 0.1) is 0 Å². The number of rotatable bonds is 5. The number of carboxylic acids is 1. The average molecular weight is 288 g/mol. The fourth-order valence-electron chi connectivity index (χ4n) is 1.39. The van der Waals surface area contributed by atoms with Crippen molar-refractivity contribution in [2.24, 2.45) is 0 Å². The minimum atomic E-state index is -1.30. The zero-order chi connectivity index (χ0) is 15.3. The van der Waals surface area contributed by atoms with Crippen LogP contribution >= 0.6 is 0 Å². The van der Waals surface area contributed by atoms with Crippen molar-refractivity contribution in [1.82, 2.24) is 4.90 Å². The number of anilines is 1. The second-order valence-corrected chi connectivity index (χ2v) is 3.74. The number of nitrogens with one attached hydrogen (secondary N) is 1. The summed E-state index contributed by atoms with van der Waals surface area (Å²) < 4.78 is 39.4. The van der Waals surface area contributed by atoms with Crippen LogP contribution in [-0.2, 0) is 4.79 Å². The van der Waals surface area contributed by atoms with E-state index in [2.05, 4.69) is 6.58 Å². The minimum absolute atomic E-state index is 0.136. The van der Waals surface area contributed by atoms with Crippen molar-refractivity contribution >= 4 is 17.7 Å². The van der Waals surface area contributed by atoms with Crippen LogP contribution in [0.1, 0.15) is 0 Å². The fourth-order valence-corrected chi connectivity index (χ4v) is 1.39. The predicted octanol–water partition coefficient (Wildman–Crippen LogP) is 2.21. The molecule has 1 rings (SSSR count). The number of halogens is 3. The zero-order valence-corrected chi connectivity index (χ0v) is 10.2. The predicted molar refractivity (Wildman–Crippen MR) is 64.7 cm³/mol. The van der Waals surface area contributed by atoms with Gasteiger partial charge in [0.1, 0.15) is 18.0 Å². The van der Waals surface area contributed by atoms with Gasteiger partial charge in [0.25, 0.3) is 0 Å². The molecule has 0 spiro atoms. The maximum Gasteiger partial charge on any atom is 0.323 e. The van der Waals surface area contributed by atoms with Crippen LogP contribution < -0.4 is 5.32 Å². The first-order chi connectivity index (χ1) is 9.35. The van der Waals surface area contributed by atoms with Crippen LogP contribution in [0.4, 0.5) is 23.7 Å². The van der Waals surface area contributed by atoms with Crippen LogP contribution in [0.2, 0.25) is 0 Å². The molecule has 20 heavy (non-hydrogen) atoms. The molecule has 0 aliphatic carbocycles. The Morgan fingerprint density at radius 3 is 2.30 bits per heavy atom. The molecule has 0 fully saturated rings. The van der Waals surface area contributed by atoms with Crippen molar-refractivity contribution in [3.8, 4) is 0 Å². The van der Waals surface area contributed by atoms with Crippen LogP contribution in [-0.4, -0.2) is 35.1 Å². The molecule has 0 saturated carbocycles. The summed E-state index contributed by atoms with van der Waals surface area (Å²) in [5.41, 5.74) is -0.851. The zero-order valence-electron chi connectivity index (χ0n) is 10.2. The minimum Gasteiger partial charge on any atom is -0.480 e. The van der Waals surface area contributed by atoms with Gasteiger partial charge in [0.15, 0.2) is 11.6 Å². The Balaban J connectivity index is 2.93. The molecule has 108 valence electrons. The van der Waals surface area contributed by atoms with Gasteiger partial charge in [-0.1, -0.05) is 6.08 Å². The molecule has 0 bridgehead atoms. The molecule has 0 heterocycles. The number of benzene rings is 1. The summed E-state index contributed by atoms with van der Waals surface area (Å²) in [7, 11) is 0. The molecule has 0 aliphatic rings. The number of hydrogen-bond donors (Lipinski definition) is 2. The monoisotopic (exact) mass is 288 g/mol. The van der Waals surface area contributed by atoms with E-state index in [-0.39, 0.29) is 6.54 Å². The van der Waals surface area contributed by atoms with Crippen LogP contribution in [0.15, 0.2) is 24.8 Å². The van der Waals surface area contributed by atoms with Crippen LogP contribution in [0, 0.1) is 17.5 Å². The van der Waals surface area contributed by atoms with Crippen LogP contribution in [0.25, 0.3) is 0 Å². The number of carboxylic acid groups (broad SMARTS) is 1. The maximum atomic E-state index is 13.3. The molecule has 0 unspecified atom stereocenters. The number of aliphatic carboxylic acids is 1. The summed E-state index contributed by atoms with van der Waals surface area (Å²) in [6.07, 6.45) is 1.25. The van der Waals surface area contributed by atoms with Crippen molar-refractivity contribution in [2.75, 3.05) is 18.4 Å². The number of amides is 2. The SMILES string of the molecule is C=CCN(CC(=O)O)C(=O)Nc1c(F)cc(F)cc1F. The highest BCUT2D eigenvalue weighted by Gasteiger charge is 2.19. The van der Waals surface area contributed by atoms with E-state index in [0.29, 0.717) is 12.1 Å². The van der Waals surface area contributed by atoms with Gasteiger partial charge in [0, 0.05) is 18.7 Å². The highest BCUT2D eigenvalue weighted by atomic mass is 19.1. The summed E-state index contributed by atoms with van der Waals surface area (Å²) in [6.45, 7) is 2.52. The molecule has 0 atom stereocenters. The smallest absolute Gasteiger partial charge is 0.323 e. The van der Waals surface area contributed by atoms with Gasteiger partial charge >= 0.3 is 12.0 Å². The fraction of sp³-hybridized carbons (Fsp3) is 0.167. The van der Waals surface area contributed by atoms with E-state index < -0.39 is 41.7 Å². The number of carbonyl (C=O) groups excluding carboxylic acids is 1. The first-order valence-electron chi connectivity index (χ1n) is 5.38. The van der Waals surface area contributed by atoms with E-state index >= 15 is 0 Å². The van der Waals surface area contributed by atoms with Gasteiger partial charge in [0.2, 0.25) is 0 Å². The number of carbonyl (C=O) groups is 2. The standard InChI is InChI=1S/C12H11F3N2O3/c1-2-3-17(6-10(18)19)12(20)16-11-8(14)4-7(13)5-9(11)15/h2,4-5H,1,3,6H2,(H,16,20)(H,18,19). The molecule has 1 aromatic rings. The van der Waals surface area contributed by atoms with E-state index in [0.717, 1.165) is 4.90 Å². The van der Waals surface area contributed by atoms with Gasteiger partial charge < -0.3 is 15.3 Å². The van der Waals surface area contributed by atoms with E-state index in [4.69, 9.17) is 5.11 Å². The van der Waals surface area contributed by atoms with Gasteiger partial charge in [-0.15, -0.1) is 6.58 Å². The Morgan fingerprint density at radius 1 is 1.30 bits per heavy atom. The van der Waals surface area contributed by atoms with Crippen molar-refractivity contribution in [3.05, 3.63) is 42.2 Å². The highest BCUT2D eigenvalue weighted by Crippen LogP contribution is 2.20. The lowest BCUT2D eigenvalue weighted by molar-refractivity contribution is -0.137. The molecule has 1 aromatic carbocycles. The van der Waals surface area contributed by atoms with Crippen molar-refractivity contribution in [2.45, 2.75) is 0 Å². The molecule has 5 nitrogen and oxygen atoms in total.